The smallest absolute Gasteiger partial charge is 0.228 e. The van der Waals surface area contributed by atoms with E-state index in [1.165, 1.54) is 24.8 Å². The van der Waals surface area contributed by atoms with E-state index in [-0.39, 0.29) is 17.7 Å². The van der Waals surface area contributed by atoms with Crippen LogP contribution < -0.4 is 5.32 Å². The number of hydrogen-bond acceptors (Lipinski definition) is 4. The van der Waals surface area contributed by atoms with Crippen molar-refractivity contribution < 1.29 is 9.90 Å². The van der Waals surface area contributed by atoms with Gasteiger partial charge in [-0.15, -0.1) is 10.2 Å². The highest BCUT2D eigenvalue weighted by Crippen LogP contribution is 2.51. The van der Waals surface area contributed by atoms with Crippen molar-refractivity contribution >= 4 is 11.6 Å². The molecule has 2 N–H and O–H groups in total. The molecule has 3 saturated carbocycles. The molecular formula is C28H40N4O2. The Labute approximate surface area is 203 Å². The van der Waals surface area contributed by atoms with Crippen molar-refractivity contribution in [2.45, 2.75) is 103 Å². The number of amides is 1. The van der Waals surface area contributed by atoms with Crippen LogP contribution in [0, 0.1) is 31.6 Å². The van der Waals surface area contributed by atoms with Gasteiger partial charge in [-0.05, 0) is 89.2 Å². The van der Waals surface area contributed by atoms with E-state index in [1.54, 1.807) is 0 Å². The van der Waals surface area contributed by atoms with Crippen molar-refractivity contribution in [1.29, 1.82) is 0 Å². The first kappa shape index (κ1) is 23.5. The summed E-state index contributed by atoms with van der Waals surface area (Å²) in [7, 11) is 0. The number of nitrogens with zero attached hydrogens (tertiary/aromatic N) is 3. The van der Waals surface area contributed by atoms with Crippen LogP contribution in [0.1, 0.15) is 106 Å². The number of rotatable bonds is 7. The van der Waals surface area contributed by atoms with Crippen molar-refractivity contribution in [2.24, 2.45) is 17.8 Å². The van der Waals surface area contributed by atoms with Gasteiger partial charge in [0.2, 0.25) is 5.91 Å². The minimum Gasteiger partial charge on any atom is -0.390 e. The van der Waals surface area contributed by atoms with E-state index in [9.17, 15) is 9.90 Å². The van der Waals surface area contributed by atoms with Gasteiger partial charge in [0.1, 0.15) is 11.6 Å². The van der Waals surface area contributed by atoms with Gasteiger partial charge in [0, 0.05) is 23.6 Å². The molecule has 0 bridgehead atoms. The third-order valence-electron chi connectivity index (χ3n) is 8.18. The third-order valence-corrected chi connectivity index (χ3v) is 8.18. The summed E-state index contributed by atoms with van der Waals surface area (Å²) in [4.78, 5) is 13.5. The standard InChI is InChI=1S/C28H40N4O2/c1-16(2)10-19-12-20(13-19)25-30-31-26(32(25)21-7-8-21)22-14-28(5,34)15-23(22)27(33)29-24-9-6-17(3)11-18(24)4/h6,9,11,16,19-23,34H,7-8,10,12-15H2,1-5H3,(H,29,33)/t19-,20+,22-,23-,28-/m0/s1. The molecule has 6 heteroatoms. The number of benzene rings is 1. The normalized spacial score (nSPS) is 31.0. The lowest BCUT2D eigenvalue weighted by atomic mass is 9.71. The van der Waals surface area contributed by atoms with E-state index >= 15 is 0 Å². The Morgan fingerprint density at radius 2 is 1.88 bits per heavy atom. The Hall–Kier alpha value is -2.21. The lowest BCUT2D eigenvalue weighted by Crippen LogP contribution is -2.28. The topological polar surface area (TPSA) is 80.0 Å². The molecule has 0 saturated heterocycles. The SMILES string of the molecule is Cc1ccc(NC(=O)[C@H]2C[C@@](C)(O)C[C@@H]2c2nnc([C@H]3C[C@@H](CC(C)C)C3)n2C2CC2)c(C)c1. The van der Waals surface area contributed by atoms with Gasteiger partial charge in [0.25, 0.3) is 0 Å². The number of nitrogens with one attached hydrogen (secondary N) is 1. The molecule has 5 rings (SSSR count). The first-order valence-electron chi connectivity index (χ1n) is 13.2. The van der Waals surface area contributed by atoms with Crippen molar-refractivity contribution in [3.05, 3.63) is 41.0 Å². The minimum absolute atomic E-state index is 0.0257. The fraction of sp³-hybridized carbons (Fsp3) is 0.679. The summed E-state index contributed by atoms with van der Waals surface area (Å²) in [6.45, 7) is 10.5. The number of anilines is 1. The van der Waals surface area contributed by atoms with Gasteiger partial charge in [0.05, 0.1) is 11.5 Å². The molecule has 3 atom stereocenters. The predicted molar refractivity (Wildman–Crippen MR) is 134 cm³/mol. The lowest BCUT2D eigenvalue weighted by Gasteiger charge is -2.36. The molecule has 34 heavy (non-hydrogen) atoms. The predicted octanol–water partition coefficient (Wildman–Crippen LogP) is 5.65. The Morgan fingerprint density at radius 3 is 2.53 bits per heavy atom. The van der Waals surface area contributed by atoms with Gasteiger partial charge < -0.3 is 15.0 Å². The second-order valence-corrected chi connectivity index (χ2v) is 12.1. The van der Waals surface area contributed by atoms with E-state index < -0.39 is 5.60 Å². The molecular weight excluding hydrogens is 424 g/mol. The van der Waals surface area contributed by atoms with Crippen LogP contribution in [0.15, 0.2) is 18.2 Å². The molecule has 3 aliphatic rings. The lowest BCUT2D eigenvalue weighted by molar-refractivity contribution is -0.120. The van der Waals surface area contributed by atoms with E-state index in [1.807, 2.05) is 26.0 Å². The molecule has 0 spiro atoms. The Bertz CT molecular complexity index is 1060. The summed E-state index contributed by atoms with van der Waals surface area (Å²) in [5.41, 5.74) is 2.19. The molecule has 1 amide bonds. The first-order chi connectivity index (χ1) is 16.1. The molecule has 0 unspecified atom stereocenters. The number of hydrogen-bond donors (Lipinski definition) is 2. The molecule has 6 nitrogen and oxygen atoms in total. The highest BCUT2D eigenvalue weighted by atomic mass is 16.3. The minimum atomic E-state index is -0.881. The van der Waals surface area contributed by atoms with Gasteiger partial charge in [0.15, 0.2) is 0 Å². The molecule has 3 aliphatic carbocycles. The summed E-state index contributed by atoms with van der Waals surface area (Å²) in [6.07, 6.45) is 6.98. The van der Waals surface area contributed by atoms with Gasteiger partial charge in [-0.1, -0.05) is 31.5 Å². The zero-order valence-corrected chi connectivity index (χ0v) is 21.3. The summed E-state index contributed by atoms with van der Waals surface area (Å²) < 4.78 is 2.37. The zero-order valence-electron chi connectivity index (χ0n) is 21.3. The largest absolute Gasteiger partial charge is 0.390 e. The van der Waals surface area contributed by atoms with E-state index in [4.69, 9.17) is 10.2 Å². The fourth-order valence-corrected chi connectivity index (χ4v) is 6.40. The van der Waals surface area contributed by atoms with Crippen LogP contribution in [-0.4, -0.2) is 31.4 Å². The van der Waals surface area contributed by atoms with Crippen molar-refractivity contribution in [2.75, 3.05) is 5.32 Å². The maximum atomic E-state index is 13.5. The van der Waals surface area contributed by atoms with Crippen LogP contribution in [0.3, 0.4) is 0 Å². The number of aryl methyl sites for hydroxylation is 2. The molecule has 0 radical (unpaired) electrons. The fourth-order valence-electron chi connectivity index (χ4n) is 6.40. The summed E-state index contributed by atoms with van der Waals surface area (Å²) in [5, 5.41) is 23.6. The van der Waals surface area contributed by atoms with Crippen LogP contribution in [-0.2, 0) is 4.79 Å². The van der Waals surface area contributed by atoms with Crippen LogP contribution in [0.4, 0.5) is 5.69 Å². The molecule has 1 aromatic carbocycles. The quantitative estimate of drug-likeness (QED) is 0.555. The Morgan fingerprint density at radius 1 is 1.18 bits per heavy atom. The van der Waals surface area contributed by atoms with E-state index in [2.05, 4.69) is 36.7 Å². The number of aromatic nitrogens is 3. The summed E-state index contributed by atoms with van der Waals surface area (Å²) in [5.74, 6) is 3.59. The van der Waals surface area contributed by atoms with Crippen LogP contribution in [0.25, 0.3) is 0 Å². The maximum absolute atomic E-state index is 13.5. The highest BCUT2D eigenvalue weighted by Gasteiger charge is 2.49. The third kappa shape index (κ3) is 4.66. The zero-order chi connectivity index (χ0) is 24.2. The van der Waals surface area contributed by atoms with Crippen LogP contribution in [0.2, 0.25) is 0 Å². The van der Waals surface area contributed by atoms with Gasteiger partial charge in [-0.2, -0.15) is 0 Å². The van der Waals surface area contributed by atoms with Crippen molar-refractivity contribution in [1.82, 2.24) is 14.8 Å². The van der Waals surface area contributed by atoms with Gasteiger partial charge in [-0.25, -0.2) is 0 Å². The number of aliphatic hydroxyl groups is 1. The number of carbonyl (C=O) groups is 1. The first-order valence-corrected chi connectivity index (χ1v) is 13.2. The molecule has 3 fully saturated rings. The average molecular weight is 465 g/mol. The molecule has 0 aliphatic heterocycles. The summed E-state index contributed by atoms with van der Waals surface area (Å²) in [6, 6.07) is 6.53. The van der Waals surface area contributed by atoms with E-state index in [0.29, 0.717) is 24.8 Å². The molecule has 1 aromatic heterocycles. The van der Waals surface area contributed by atoms with Crippen molar-refractivity contribution in [3.63, 3.8) is 0 Å². The van der Waals surface area contributed by atoms with Crippen molar-refractivity contribution in [3.8, 4) is 0 Å². The van der Waals surface area contributed by atoms with E-state index in [0.717, 1.165) is 47.6 Å². The highest BCUT2D eigenvalue weighted by molar-refractivity contribution is 5.94. The molecule has 184 valence electrons. The summed E-state index contributed by atoms with van der Waals surface area (Å²) >= 11 is 0. The maximum Gasteiger partial charge on any atom is 0.228 e. The van der Waals surface area contributed by atoms with Gasteiger partial charge in [-0.3, -0.25) is 4.79 Å². The monoisotopic (exact) mass is 464 g/mol. The second kappa shape index (κ2) is 8.78. The average Bonchev–Trinajstić information content (AvgIpc) is 3.38. The molecule has 2 aromatic rings. The molecule has 1 heterocycles. The number of carbonyl (C=O) groups excluding carboxylic acids is 1. The van der Waals surface area contributed by atoms with Crippen LogP contribution >= 0.6 is 0 Å². The second-order valence-electron chi connectivity index (χ2n) is 12.1. The Balaban J connectivity index is 1.39. The van der Waals surface area contributed by atoms with Crippen LogP contribution in [0.5, 0.6) is 0 Å². The Kier molecular flexibility index (Phi) is 6.07. The van der Waals surface area contributed by atoms with Gasteiger partial charge >= 0.3 is 0 Å².